The van der Waals surface area contributed by atoms with Gasteiger partial charge in [-0.2, -0.15) is 5.10 Å². The molecule has 3 N–H and O–H groups in total. The summed E-state index contributed by atoms with van der Waals surface area (Å²) in [5.74, 6) is -0.000974. The highest BCUT2D eigenvalue weighted by atomic mass is 16.7. The van der Waals surface area contributed by atoms with Crippen molar-refractivity contribution in [2.75, 3.05) is 6.79 Å². The van der Waals surface area contributed by atoms with Crippen LogP contribution in [0.4, 0.5) is 5.69 Å². The molecule has 0 aliphatic carbocycles. The van der Waals surface area contributed by atoms with Crippen molar-refractivity contribution in [1.29, 1.82) is 0 Å². The molecule has 12 nitrogen and oxygen atoms in total. The van der Waals surface area contributed by atoms with Crippen molar-refractivity contribution in [3.8, 4) is 11.5 Å². The summed E-state index contributed by atoms with van der Waals surface area (Å²) in [5, 5.41) is 26.8. The molecule has 110 valence electrons. The van der Waals surface area contributed by atoms with Gasteiger partial charge >= 0.3 is 0 Å². The van der Waals surface area contributed by atoms with Gasteiger partial charge in [-0.1, -0.05) is 5.43 Å². The van der Waals surface area contributed by atoms with Gasteiger partial charge < -0.3 is 15.2 Å². The van der Waals surface area contributed by atoms with E-state index < -0.39 is 15.9 Å². The van der Waals surface area contributed by atoms with E-state index in [1.54, 1.807) is 5.43 Å². The van der Waals surface area contributed by atoms with Crippen LogP contribution in [-0.2, 0) is 0 Å². The molecule has 0 unspecified atom stereocenters. The lowest BCUT2D eigenvalue weighted by Gasteiger charge is -1.99. The number of nitrogens with two attached hydrogens (primary N) is 1. The van der Waals surface area contributed by atoms with Crippen LogP contribution in [0, 0.1) is 20.2 Å². The quantitative estimate of drug-likeness (QED) is 0.332. The second-order valence-corrected chi connectivity index (χ2v) is 3.62. The summed E-state index contributed by atoms with van der Waals surface area (Å²) in [7, 11) is 0. The Balaban J connectivity index is 2.27. The van der Waals surface area contributed by atoms with Crippen molar-refractivity contribution in [1.82, 2.24) is 5.43 Å². The Morgan fingerprint density at radius 2 is 2.00 bits per heavy atom. The first kappa shape index (κ1) is 14.0. The SMILES string of the molecule is NC(=NN=Cc1cc2c(cc1[N+](=O)[O-])OCO2)N[N+](=O)[O-]. The molecule has 12 heteroatoms. The normalized spacial score (nSPS) is 13.4. The molecule has 2 rings (SSSR count). The molecule has 1 aliphatic heterocycles. The highest BCUT2D eigenvalue weighted by Crippen LogP contribution is 2.37. The zero-order valence-corrected chi connectivity index (χ0v) is 10.3. The second-order valence-electron chi connectivity index (χ2n) is 3.62. The number of benzene rings is 1. The van der Waals surface area contributed by atoms with Gasteiger partial charge in [-0.15, -0.1) is 5.10 Å². The van der Waals surface area contributed by atoms with Gasteiger partial charge in [-0.05, 0) is 6.07 Å². The molecule has 1 aliphatic rings. The molecule has 0 saturated heterocycles. The molecule has 0 spiro atoms. The minimum absolute atomic E-state index is 0.0368. The van der Waals surface area contributed by atoms with Gasteiger partial charge in [0.2, 0.25) is 6.79 Å². The van der Waals surface area contributed by atoms with E-state index in [9.17, 15) is 20.2 Å². The second kappa shape index (κ2) is 5.68. The predicted molar refractivity (Wildman–Crippen MR) is 68.6 cm³/mol. The van der Waals surface area contributed by atoms with Crippen molar-refractivity contribution in [3.05, 3.63) is 37.9 Å². The maximum atomic E-state index is 10.9. The fraction of sp³-hybridized carbons (Fsp3) is 0.111. The maximum absolute atomic E-state index is 10.9. The maximum Gasteiger partial charge on any atom is 0.282 e. The molecule has 1 heterocycles. The van der Waals surface area contributed by atoms with Gasteiger partial charge in [-0.3, -0.25) is 10.1 Å². The van der Waals surface area contributed by atoms with Crippen molar-refractivity contribution in [2.24, 2.45) is 15.9 Å². The third kappa shape index (κ3) is 3.31. The fourth-order valence-electron chi connectivity index (χ4n) is 1.48. The highest BCUT2D eigenvalue weighted by Gasteiger charge is 2.22. The number of hydrogen-bond donors (Lipinski definition) is 2. The van der Waals surface area contributed by atoms with Crippen LogP contribution in [-0.4, -0.2) is 28.9 Å². The number of nitro benzene ring substituents is 1. The number of hydrazine groups is 1. The molecule has 0 amide bonds. The van der Waals surface area contributed by atoms with E-state index in [0.717, 1.165) is 6.21 Å². The summed E-state index contributed by atoms with van der Waals surface area (Å²) in [6.45, 7) is -0.0368. The van der Waals surface area contributed by atoms with Crippen LogP contribution in [0.25, 0.3) is 0 Å². The van der Waals surface area contributed by atoms with E-state index in [4.69, 9.17) is 15.2 Å². The monoisotopic (exact) mass is 296 g/mol. The first-order valence-corrected chi connectivity index (χ1v) is 5.33. The van der Waals surface area contributed by atoms with E-state index in [2.05, 4.69) is 10.2 Å². The van der Waals surface area contributed by atoms with Crippen molar-refractivity contribution >= 4 is 17.9 Å². The molecule has 0 radical (unpaired) electrons. The third-order valence-corrected chi connectivity index (χ3v) is 2.29. The van der Waals surface area contributed by atoms with Crippen LogP contribution >= 0.6 is 0 Å². The predicted octanol–water partition coefficient (Wildman–Crippen LogP) is -0.247. The molecular formula is C9H8N6O6. The lowest BCUT2D eigenvalue weighted by Crippen LogP contribution is -2.35. The number of nitro groups is 2. The summed E-state index contributed by atoms with van der Waals surface area (Å²) in [6, 6.07) is 2.53. The van der Waals surface area contributed by atoms with E-state index in [-0.39, 0.29) is 23.8 Å². The van der Waals surface area contributed by atoms with Gasteiger partial charge in [-0.25, -0.2) is 10.1 Å². The number of nitrogens with one attached hydrogen (secondary N) is 1. The van der Waals surface area contributed by atoms with Crippen molar-refractivity contribution in [3.63, 3.8) is 0 Å². The van der Waals surface area contributed by atoms with E-state index in [1.807, 2.05) is 0 Å². The Morgan fingerprint density at radius 3 is 2.62 bits per heavy atom. The molecular weight excluding hydrogens is 288 g/mol. The lowest BCUT2D eigenvalue weighted by molar-refractivity contribution is -0.525. The minimum atomic E-state index is -0.919. The largest absolute Gasteiger partial charge is 0.454 e. The summed E-state index contributed by atoms with van der Waals surface area (Å²) in [5.41, 5.74) is 6.50. The molecule has 1 aromatic rings. The van der Waals surface area contributed by atoms with E-state index in [0.29, 0.717) is 5.75 Å². The van der Waals surface area contributed by atoms with Gasteiger partial charge in [0.15, 0.2) is 16.5 Å². The van der Waals surface area contributed by atoms with Gasteiger partial charge in [0.05, 0.1) is 22.8 Å². The van der Waals surface area contributed by atoms with Crippen LogP contribution in [0.15, 0.2) is 22.3 Å². The Labute approximate surface area is 116 Å². The van der Waals surface area contributed by atoms with Crippen molar-refractivity contribution in [2.45, 2.75) is 0 Å². The number of nitrogens with zero attached hydrogens (tertiary/aromatic N) is 4. The van der Waals surface area contributed by atoms with E-state index >= 15 is 0 Å². The van der Waals surface area contributed by atoms with Crippen LogP contribution in [0.1, 0.15) is 5.56 Å². The highest BCUT2D eigenvalue weighted by molar-refractivity contribution is 5.87. The Hall–Kier alpha value is -3.44. The molecule has 0 fully saturated rings. The van der Waals surface area contributed by atoms with Gasteiger partial charge in [0, 0.05) is 0 Å². The standard InChI is InChI=1S/C9H8N6O6/c10-9(13-15(18)19)12-11-3-5-1-7-8(21-4-20-7)2-6(5)14(16)17/h1-3H,4H2,(H3,10,12,13). The zero-order valence-electron chi connectivity index (χ0n) is 10.3. The molecule has 0 aromatic heterocycles. The first-order valence-electron chi connectivity index (χ1n) is 5.33. The fourth-order valence-corrected chi connectivity index (χ4v) is 1.48. The Morgan fingerprint density at radius 1 is 1.33 bits per heavy atom. The first-order chi connectivity index (χ1) is 9.97. The van der Waals surface area contributed by atoms with Crippen LogP contribution in [0.5, 0.6) is 11.5 Å². The molecule has 21 heavy (non-hydrogen) atoms. The lowest BCUT2D eigenvalue weighted by atomic mass is 10.1. The van der Waals surface area contributed by atoms with Crippen LogP contribution in [0.3, 0.4) is 0 Å². The average molecular weight is 296 g/mol. The Bertz CT molecular complexity index is 656. The average Bonchev–Trinajstić information content (AvgIpc) is 2.83. The van der Waals surface area contributed by atoms with Crippen LogP contribution < -0.4 is 20.6 Å². The van der Waals surface area contributed by atoms with Crippen LogP contribution in [0.2, 0.25) is 0 Å². The number of hydrogen-bond acceptors (Lipinski definition) is 8. The molecule has 0 saturated carbocycles. The van der Waals surface area contributed by atoms with E-state index in [1.165, 1.54) is 12.1 Å². The summed E-state index contributed by atoms with van der Waals surface area (Å²) >= 11 is 0. The third-order valence-electron chi connectivity index (χ3n) is 2.29. The summed E-state index contributed by atoms with van der Waals surface area (Å²) < 4.78 is 10.1. The van der Waals surface area contributed by atoms with Crippen molar-refractivity contribution < 1.29 is 19.4 Å². The Kier molecular flexibility index (Phi) is 3.78. The number of guanidine groups is 1. The number of rotatable bonds is 4. The van der Waals surface area contributed by atoms with Gasteiger partial charge in [0.1, 0.15) is 0 Å². The topological polar surface area (TPSA) is 168 Å². The minimum Gasteiger partial charge on any atom is -0.454 e. The molecule has 0 bridgehead atoms. The number of fused-ring (bicyclic) bond motifs is 1. The van der Waals surface area contributed by atoms with Gasteiger partial charge in [0.25, 0.3) is 11.6 Å². The zero-order chi connectivity index (χ0) is 15.4. The summed E-state index contributed by atoms with van der Waals surface area (Å²) in [4.78, 5) is 20.4. The number of ether oxygens (including phenoxy) is 2. The smallest absolute Gasteiger partial charge is 0.282 e. The molecule has 1 aromatic carbocycles. The summed E-state index contributed by atoms with van der Waals surface area (Å²) in [6.07, 6.45) is 1.02. The molecule has 0 atom stereocenters.